The lowest BCUT2D eigenvalue weighted by Crippen LogP contribution is -2.26. The molecule has 1 aliphatic rings. The third kappa shape index (κ3) is 2.06. The van der Waals surface area contributed by atoms with Crippen LogP contribution in [-0.2, 0) is 9.53 Å². The van der Waals surface area contributed by atoms with Gasteiger partial charge in [0.25, 0.3) is 0 Å². The first kappa shape index (κ1) is 9.74. The average molecular weight is 180 g/mol. The highest BCUT2D eigenvalue weighted by Gasteiger charge is 2.26. The predicted molar refractivity (Wildman–Crippen MR) is 48.8 cm³/mol. The largest absolute Gasteiger partial charge is 0.464 e. The van der Waals surface area contributed by atoms with Crippen molar-refractivity contribution in [1.82, 2.24) is 0 Å². The van der Waals surface area contributed by atoms with Gasteiger partial charge in [-0.05, 0) is 13.0 Å². The second kappa shape index (κ2) is 4.05. The molecule has 0 aromatic rings. The van der Waals surface area contributed by atoms with Gasteiger partial charge in [0.15, 0.2) is 5.78 Å². The second-order valence-electron chi connectivity index (χ2n) is 2.67. The molecule has 1 unspecified atom stereocenters. The molecule has 1 rings (SSSR count). The summed E-state index contributed by atoms with van der Waals surface area (Å²) in [6.45, 7) is 5.25. The fourth-order valence-corrected chi connectivity index (χ4v) is 1.20. The number of hydrogen-bond acceptors (Lipinski definition) is 3. The SMILES string of the molecule is C=C/C=C1/OC(O)CC(=O)/C1=C/C. The molecule has 1 atom stereocenters. The van der Waals surface area contributed by atoms with Crippen molar-refractivity contribution in [2.75, 3.05) is 0 Å². The number of aliphatic hydroxyl groups excluding tert-OH is 1. The van der Waals surface area contributed by atoms with Gasteiger partial charge in [-0.2, -0.15) is 0 Å². The molecule has 13 heavy (non-hydrogen) atoms. The van der Waals surface area contributed by atoms with Gasteiger partial charge in [0, 0.05) is 0 Å². The lowest BCUT2D eigenvalue weighted by molar-refractivity contribution is -0.132. The molecule has 1 saturated heterocycles. The van der Waals surface area contributed by atoms with Crippen LogP contribution < -0.4 is 0 Å². The van der Waals surface area contributed by atoms with Crippen LogP contribution in [0.5, 0.6) is 0 Å². The summed E-state index contributed by atoms with van der Waals surface area (Å²) in [6, 6.07) is 0. The molecule has 1 aliphatic heterocycles. The molecule has 0 amide bonds. The summed E-state index contributed by atoms with van der Waals surface area (Å²) >= 11 is 0. The summed E-state index contributed by atoms with van der Waals surface area (Å²) in [5.74, 6) is 0.288. The topological polar surface area (TPSA) is 46.5 Å². The molecule has 70 valence electrons. The molecular formula is C10H12O3. The summed E-state index contributed by atoms with van der Waals surface area (Å²) < 4.78 is 5.06. The highest BCUT2D eigenvalue weighted by molar-refractivity contribution is 5.99. The first-order valence-electron chi connectivity index (χ1n) is 4.06. The Morgan fingerprint density at radius 1 is 1.69 bits per heavy atom. The average Bonchev–Trinajstić information content (AvgIpc) is 2.04. The number of Topliss-reactive ketones (excluding diaryl/α,β-unsaturated/α-hetero) is 1. The predicted octanol–water partition coefficient (Wildman–Crippen LogP) is 1.31. The van der Waals surface area contributed by atoms with E-state index in [0.29, 0.717) is 11.3 Å². The molecule has 0 radical (unpaired) electrons. The standard InChI is InChI=1S/C10H12O3/c1-3-5-9-7(4-2)8(11)6-10(12)13-9/h3-5,10,12H,1,6H2,2H3/b7-4-,9-5+. The zero-order valence-electron chi connectivity index (χ0n) is 7.49. The molecular weight excluding hydrogens is 168 g/mol. The van der Waals surface area contributed by atoms with Crippen LogP contribution in [0.4, 0.5) is 0 Å². The van der Waals surface area contributed by atoms with E-state index < -0.39 is 6.29 Å². The van der Waals surface area contributed by atoms with Crippen molar-refractivity contribution < 1.29 is 14.6 Å². The minimum atomic E-state index is -1.03. The van der Waals surface area contributed by atoms with E-state index in [0.717, 1.165) is 0 Å². The van der Waals surface area contributed by atoms with Crippen molar-refractivity contribution in [2.24, 2.45) is 0 Å². The van der Waals surface area contributed by atoms with Crippen molar-refractivity contribution in [3.63, 3.8) is 0 Å². The van der Waals surface area contributed by atoms with E-state index in [9.17, 15) is 4.79 Å². The minimum Gasteiger partial charge on any atom is -0.464 e. The number of aliphatic hydroxyl groups is 1. The van der Waals surface area contributed by atoms with Gasteiger partial charge >= 0.3 is 0 Å². The molecule has 3 heteroatoms. The Kier molecular flexibility index (Phi) is 3.03. The van der Waals surface area contributed by atoms with Gasteiger partial charge in [-0.1, -0.05) is 18.7 Å². The molecule has 0 saturated carbocycles. The molecule has 0 aromatic heterocycles. The molecule has 3 nitrogen and oxygen atoms in total. The van der Waals surface area contributed by atoms with Gasteiger partial charge in [0.2, 0.25) is 6.29 Å². The maximum atomic E-state index is 11.3. The van der Waals surface area contributed by atoms with Gasteiger partial charge < -0.3 is 9.84 Å². The highest BCUT2D eigenvalue weighted by Crippen LogP contribution is 2.23. The van der Waals surface area contributed by atoms with Gasteiger partial charge in [-0.3, -0.25) is 4.79 Å². The normalized spacial score (nSPS) is 29.1. The van der Waals surface area contributed by atoms with Crippen LogP contribution in [0.3, 0.4) is 0 Å². The molecule has 0 bridgehead atoms. The summed E-state index contributed by atoms with van der Waals surface area (Å²) in [4.78, 5) is 11.3. The number of allylic oxidation sites excluding steroid dienone is 4. The summed E-state index contributed by atoms with van der Waals surface area (Å²) in [6.07, 6.45) is 3.75. The molecule has 0 aliphatic carbocycles. The monoisotopic (exact) mass is 180 g/mol. The van der Waals surface area contributed by atoms with Gasteiger partial charge in [0.05, 0.1) is 12.0 Å². The zero-order valence-corrected chi connectivity index (χ0v) is 7.49. The number of hydrogen-bond donors (Lipinski definition) is 1. The van der Waals surface area contributed by atoms with Crippen LogP contribution >= 0.6 is 0 Å². The third-order valence-corrected chi connectivity index (χ3v) is 1.75. The number of ether oxygens (including phenoxy) is 1. The van der Waals surface area contributed by atoms with Crippen LogP contribution in [0.25, 0.3) is 0 Å². The molecule has 1 N–H and O–H groups in total. The van der Waals surface area contributed by atoms with E-state index >= 15 is 0 Å². The Balaban J connectivity index is 2.98. The second-order valence-corrected chi connectivity index (χ2v) is 2.67. The number of rotatable bonds is 1. The Morgan fingerprint density at radius 2 is 2.38 bits per heavy atom. The first-order chi connectivity index (χ1) is 6.19. The van der Waals surface area contributed by atoms with E-state index in [-0.39, 0.29) is 12.2 Å². The molecule has 1 fully saturated rings. The van der Waals surface area contributed by atoms with Crippen molar-refractivity contribution in [3.8, 4) is 0 Å². The van der Waals surface area contributed by atoms with E-state index in [2.05, 4.69) is 6.58 Å². The van der Waals surface area contributed by atoms with Crippen molar-refractivity contribution in [3.05, 3.63) is 36.1 Å². The summed E-state index contributed by atoms with van der Waals surface area (Å²) in [5.41, 5.74) is 0.505. The van der Waals surface area contributed by atoms with E-state index in [4.69, 9.17) is 9.84 Å². The van der Waals surface area contributed by atoms with Gasteiger partial charge in [-0.15, -0.1) is 0 Å². The molecule has 0 aromatic carbocycles. The quantitative estimate of drug-likeness (QED) is 0.619. The van der Waals surface area contributed by atoms with Gasteiger partial charge in [-0.25, -0.2) is 0 Å². The van der Waals surface area contributed by atoms with Crippen molar-refractivity contribution >= 4 is 5.78 Å². The van der Waals surface area contributed by atoms with E-state index in [1.54, 1.807) is 19.1 Å². The Morgan fingerprint density at radius 3 is 2.92 bits per heavy atom. The number of carbonyl (C=O) groups excluding carboxylic acids is 1. The molecule has 1 heterocycles. The maximum Gasteiger partial charge on any atom is 0.204 e. The Bertz CT molecular complexity index is 287. The van der Waals surface area contributed by atoms with Crippen LogP contribution in [0.15, 0.2) is 36.1 Å². The van der Waals surface area contributed by atoms with Crippen LogP contribution in [0.2, 0.25) is 0 Å². The number of carbonyl (C=O) groups is 1. The van der Waals surface area contributed by atoms with E-state index in [1.807, 2.05) is 0 Å². The first-order valence-corrected chi connectivity index (χ1v) is 4.06. The lowest BCUT2D eigenvalue weighted by atomic mass is 10.0. The van der Waals surface area contributed by atoms with Gasteiger partial charge in [0.1, 0.15) is 5.76 Å². The van der Waals surface area contributed by atoms with Crippen LogP contribution in [-0.4, -0.2) is 17.2 Å². The molecule has 0 spiro atoms. The van der Waals surface area contributed by atoms with Crippen molar-refractivity contribution in [1.29, 1.82) is 0 Å². The van der Waals surface area contributed by atoms with E-state index in [1.165, 1.54) is 6.08 Å². The summed E-state index contributed by atoms with van der Waals surface area (Å²) in [5, 5.41) is 9.14. The lowest BCUT2D eigenvalue weighted by Gasteiger charge is -2.22. The maximum absolute atomic E-state index is 11.3. The fraction of sp³-hybridized carbons (Fsp3) is 0.300. The van der Waals surface area contributed by atoms with Crippen LogP contribution in [0, 0.1) is 0 Å². The number of ketones is 1. The van der Waals surface area contributed by atoms with Crippen molar-refractivity contribution in [2.45, 2.75) is 19.6 Å². The van der Waals surface area contributed by atoms with Crippen LogP contribution in [0.1, 0.15) is 13.3 Å². The Labute approximate surface area is 77.0 Å². The third-order valence-electron chi connectivity index (χ3n) is 1.75. The smallest absolute Gasteiger partial charge is 0.204 e. The Hall–Kier alpha value is -1.35. The zero-order chi connectivity index (χ0) is 9.84. The highest BCUT2D eigenvalue weighted by atomic mass is 16.6. The minimum absolute atomic E-state index is 0.0220. The fourth-order valence-electron chi connectivity index (χ4n) is 1.20. The summed E-state index contributed by atoms with van der Waals surface area (Å²) in [7, 11) is 0.